The van der Waals surface area contributed by atoms with Crippen LogP contribution in [0.15, 0.2) is 36.5 Å². The van der Waals surface area contributed by atoms with E-state index in [1.54, 1.807) is 6.20 Å². The smallest absolute Gasteiger partial charge is 0.179 e. The van der Waals surface area contributed by atoms with Crippen molar-refractivity contribution in [1.82, 2.24) is 14.5 Å². The van der Waals surface area contributed by atoms with E-state index >= 15 is 0 Å². The summed E-state index contributed by atoms with van der Waals surface area (Å²) < 4.78 is 2.68. The largest absolute Gasteiger partial charge is 0.329 e. The van der Waals surface area contributed by atoms with E-state index in [2.05, 4.69) is 41.2 Å². The van der Waals surface area contributed by atoms with E-state index in [-0.39, 0.29) is 0 Å². The van der Waals surface area contributed by atoms with Gasteiger partial charge in [-0.1, -0.05) is 42.8 Å². The Hall–Kier alpha value is -1.65. The lowest BCUT2D eigenvalue weighted by atomic mass is 10.1. The molecule has 3 rings (SSSR count). The van der Waals surface area contributed by atoms with Crippen LogP contribution < -0.4 is 0 Å². The Kier molecular flexibility index (Phi) is 3.59. The minimum absolute atomic E-state index is 0.606. The van der Waals surface area contributed by atoms with Gasteiger partial charge in [0, 0.05) is 6.20 Å². The van der Waals surface area contributed by atoms with Crippen molar-refractivity contribution in [3.63, 3.8) is 0 Å². The van der Waals surface area contributed by atoms with E-state index in [0.717, 1.165) is 24.1 Å². The second kappa shape index (κ2) is 5.38. The highest BCUT2D eigenvalue weighted by molar-refractivity contribution is 7.71. The average Bonchev–Trinajstić information content (AvgIpc) is 2.75. The van der Waals surface area contributed by atoms with Gasteiger partial charge >= 0.3 is 0 Å². The van der Waals surface area contributed by atoms with Gasteiger partial charge in [0.15, 0.2) is 10.4 Å². The molecule has 0 radical (unpaired) electrons. The van der Waals surface area contributed by atoms with Gasteiger partial charge < -0.3 is 4.98 Å². The first kappa shape index (κ1) is 13.3. The normalized spacial score (nSPS) is 11.1. The van der Waals surface area contributed by atoms with Crippen LogP contribution in [0, 0.1) is 4.77 Å². The summed E-state index contributed by atoms with van der Waals surface area (Å²) in [4.78, 5) is 7.54. The van der Waals surface area contributed by atoms with Gasteiger partial charge in [-0.3, -0.25) is 4.57 Å². The lowest BCUT2D eigenvalue weighted by Crippen LogP contribution is -2.03. The van der Waals surface area contributed by atoms with Crippen molar-refractivity contribution < 1.29 is 0 Å². The molecule has 2 heterocycles. The van der Waals surface area contributed by atoms with Gasteiger partial charge in [-0.2, -0.15) is 0 Å². The number of aromatic amines is 1. The van der Waals surface area contributed by atoms with Crippen molar-refractivity contribution >= 4 is 35.0 Å². The zero-order valence-corrected chi connectivity index (χ0v) is 12.6. The maximum absolute atomic E-state index is 5.96. The third kappa shape index (κ3) is 2.37. The SMILES string of the molecule is CCc1ccccc1Cn1c(=S)[nH]c2cc(Cl)cnc21. The van der Waals surface area contributed by atoms with Gasteiger partial charge in [-0.25, -0.2) is 4.98 Å². The van der Waals surface area contributed by atoms with Gasteiger partial charge in [-0.05, 0) is 35.8 Å². The molecule has 3 nitrogen and oxygen atoms in total. The number of nitrogens with zero attached hydrogens (tertiary/aromatic N) is 2. The Morgan fingerprint density at radius 1 is 1.30 bits per heavy atom. The lowest BCUT2D eigenvalue weighted by Gasteiger charge is -2.09. The Morgan fingerprint density at radius 3 is 2.80 bits per heavy atom. The summed E-state index contributed by atoms with van der Waals surface area (Å²) >= 11 is 11.4. The highest BCUT2D eigenvalue weighted by Crippen LogP contribution is 2.19. The zero-order valence-electron chi connectivity index (χ0n) is 11.1. The van der Waals surface area contributed by atoms with E-state index in [1.807, 2.05) is 10.6 Å². The van der Waals surface area contributed by atoms with Crippen molar-refractivity contribution in [2.45, 2.75) is 19.9 Å². The third-order valence-electron chi connectivity index (χ3n) is 3.40. The average molecular weight is 304 g/mol. The zero-order chi connectivity index (χ0) is 14.1. The predicted octanol–water partition coefficient (Wildman–Crippen LogP) is 4.36. The molecule has 0 aliphatic heterocycles. The first-order valence-electron chi connectivity index (χ1n) is 6.50. The molecule has 0 bridgehead atoms. The number of benzene rings is 1. The minimum atomic E-state index is 0.606. The predicted molar refractivity (Wildman–Crippen MR) is 84.8 cm³/mol. The number of H-pyrrole nitrogens is 1. The fourth-order valence-corrected chi connectivity index (χ4v) is 2.81. The van der Waals surface area contributed by atoms with Gasteiger partial charge in [0.05, 0.1) is 17.1 Å². The van der Waals surface area contributed by atoms with E-state index in [0.29, 0.717) is 9.79 Å². The van der Waals surface area contributed by atoms with Crippen LogP contribution in [0.2, 0.25) is 5.02 Å². The molecular weight excluding hydrogens is 290 g/mol. The molecular formula is C15H14ClN3S. The van der Waals surface area contributed by atoms with Crippen LogP contribution >= 0.6 is 23.8 Å². The molecule has 0 fully saturated rings. The molecule has 1 N–H and O–H groups in total. The first-order chi connectivity index (χ1) is 9.69. The number of pyridine rings is 1. The topological polar surface area (TPSA) is 33.6 Å². The standard InChI is InChI=1S/C15H14ClN3S/c1-2-10-5-3-4-6-11(10)9-19-14-13(18-15(19)20)7-12(16)8-17-14/h3-8H,2,9H2,1H3,(H,18,20). The second-order valence-corrected chi connectivity index (χ2v) is 5.49. The van der Waals surface area contributed by atoms with Crippen molar-refractivity contribution in [2.24, 2.45) is 0 Å². The molecule has 3 aromatic rings. The lowest BCUT2D eigenvalue weighted by molar-refractivity contribution is 0.790. The summed E-state index contributed by atoms with van der Waals surface area (Å²) in [5.41, 5.74) is 4.31. The molecule has 0 unspecified atom stereocenters. The summed E-state index contributed by atoms with van der Waals surface area (Å²) in [7, 11) is 0. The minimum Gasteiger partial charge on any atom is -0.329 e. The van der Waals surface area contributed by atoms with Crippen LogP contribution in [0.5, 0.6) is 0 Å². The maximum Gasteiger partial charge on any atom is 0.179 e. The van der Waals surface area contributed by atoms with Crippen molar-refractivity contribution in [1.29, 1.82) is 0 Å². The maximum atomic E-state index is 5.96. The van der Waals surface area contributed by atoms with Gasteiger partial charge in [0.25, 0.3) is 0 Å². The highest BCUT2D eigenvalue weighted by Gasteiger charge is 2.08. The molecule has 0 saturated heterocycles. The number of rotatable bonds is 3. The molecule has 0 amide bonds. The molecule has 0 atom stereocenters. The summed E-state index contributed by atoms with van der Waals surface area (Å²) in [6, 6.07) is 10.3. The number of nitrogens with one attached hydrogen (secondary N) is 1. The van der Waals surface area contributed by atoms with Crippen LogP contribution in [-0.4, -0.2) is 14.5 Å². The summed E-state index contributed by atoms with van der Waals surface area (Å²) in [6.07, 6.45) is 2.65. The van der Waals surface area contributed by atoms with Gasteiger partial charge in [0.1, 0.15) is 0 Å². The number of aryl methyl sites for hydroxylation is 1. The number of hydrogen-bond donors (Lipinski definition) is 1. The van der Waals surface area contributed by atoms with Gasteiger partial charge in [-0.15, -0.1) is 0 Å². The molecule has 0 saturated carbocycles. The fourth-order valence-electron chi connectivity index (χ4n) is 2.39. The second-order valence-electron chi connectivity index (χ2n) is 4.66. The highest BCUT2D eigenvalue weighted by atomic mass is 35.5. The van der Waals surface area contributed by atoms with Crippen molar-refractivity contribution in [3.05, 3.63) is 57.4 Å². The molecule has 102 valence electrons. The van der Waals surface area contributed by atoms with Crippen LogP contribution in [0.25, 0.3) is 11.2 Å². The van der Waals surface area contributed by atoms with Crippen molar-refractivity contribution in [2.75, 3.05) is 0 Å². The number of imidazole rings is 1. The third-order valence-corrected chi connectivity index (χ3v) is 3.93. The van der Waals surface area contributed by atoms with Crippen molar-refractivity contribution in [3.8, 4) is 0 Å². The quantitative estimate of drug-likeness (QED) is 0.729. The Morgan fingerprint density at radius 2 is 2.05 bits per heavy atom. The van der Waals surface area contributed by atoms with E-state index in [9.17, 15) is 0 Å². The Labute approximate surface area is 127 Å². The number of halogens is 1. The van der Waals surface area contributed by atoms with Crippen LogP contribution in [0.1, 0.15) is 18.1 Å². The molecule has 0 aliphatic rings. The summed E-state index contributed by atoms with van der Waals surface area (Å²) in [6.45, 7) is 2.88. The molecule has 1 aromatic carbocycles. The number of fused-ring (bicyclic) bond motifs is 1. The summed E-state index contributed by atoms with van der Waals surface area (Å²) in [5.74, 6) is 0. The van der Waals surface area contributed by atoms with E-state index in [1.165, 1.54) is 11.1 Å². The van der Waals surface area contributed by atoms with Crippen LogP contribution in [-0.2, 0) is 13.0 Å². The van der Waals surface area contributed by atoms with Gasteiger partial charge in [0.2, 0.25) is 0 Å². The number of hydrogen-bond acceptors (Lipinski definition) is 2. The monoisotopic (exact) mass is 303 g/mol. The Bertz CT molecular complexity index is 819. The van der Waals surface area contributed by atoms with Crippen LogP contribution in [0.4, 0.5) is 0 Å². The molecule has 5 heteroatoms. The fraction of sp³-hybridized carbons (Fsp3) is 0.200. The number of aromatic nitrogens is 3. The van der Waals surface area contributed by atoms with E-state index in [4.69, 9.17) is 23.8 Å². The van der Waals surface area contributed by atoms with Crippen LogP contribution in [0.3, 0.4) is 0 Å². The molecule has 20 heavy (non-hydrogen) atoms. The molecule has 0 aliphatic carbocycles. The summed E-state index contributed by atoms with van der Waals surface area (Å²) in [5, 5.41) is 0.606. The molecule has 2 aromatic heterocycles. The molecule has 0 spiro atoms. The van der Waals surface area contributed by atoms with E-state index < -0.39 is 0 Å². The first-order valence-corrected chi connectivity index (χ1v) is 7.28. The Balaban J connectivity index is 2.11.